The Morgan fingerprint density at radius 2 is 2.00 bits per heavy atom. The van der Waals surface area contributed by atoms with E-state index in [2.05, 4.69) is 23.3 Å². The van der Waals surface area contributed by atoms with Crippen LogP contribution < -0.4 is 5.32 Å². The van der Waals surface area contributed by atoms with Gasteiger partial charge in [-0.05, 0) is 37.2 Å². The molecular formula is C13H14Cl2N2. The van der Waals surface area contributed by atoms with Gasteiger partial charge in [-0.15, -0.1) is 0 Å². The third-order valence-corrected chi connectivity index (χ3v) is 3.12. The zero-order valence-corrected chi connectivity index (χ0v) is 11.4. The molecule has 0 unspecified atom stereocenters. The Morgan fingerprint density at radius 3 is 2.71 bits per heavy atom. The first-order valence-electron chi connectivity index (χ1n) is 5.57. The molecule has 0 atom stereocenters. The lowest BCUT2D eigenvalue weighted by molar-refractivity contribution is 0.729. The van der Waals surface area contributed by atoms with E-state index in [4.69, 9.17) is 23.2 Å². The van der Waals surface area contributed by atoms with Crippen molar-refractivity contribution in [2.75, 3.05) is 6.54 Å². The number of nitrogens with zero attached hydrogens (tertiary/aromatic N) is 1. The number of rotatable bonds is 3. The van der Waals surface area contributed by atoms with Gasteiger partial charge in [-0.2, -0.15) is 0 Å². The molecule has 0 radical (unpaired) electrons. The molecule has 0 aliphatic carbocycles. The van der Waals surface area contributed by atoms with E-state index in [9.17, 15) is 0 Å². The highest BCUT2D eigenvalue weighted by molar-refractivity contribution is 6.38. The molecule has 4 heteroatoms. The number of pyridine rings is 1. The fourth-order valence-electron chi connectivity index (χ4n) is 1.87. The van der Waals surface area contributed by atoms with Crippen molar-refractivity contribution < 1.29 is 0 Å². The number of hydrogen-bond acceptors (Lipinski definition) is 2. The van der Waals surface area contributed by atoms with Crippen molar-refractivity contribution in [3.63, 3.8) is 0 Å². The third-order valence-electron chi connectivity index (χ3n) is 2.61. The molecule has 1 aromatic heterocycles. The van der Waals surface area contributed by atoms with Crippen molar-refractivity contribution in [2.24, 2.45) is 0 Å². The summed E-state index contributed by atoms with van der Waals surface area (Å²) in [4.78, 5) is 4.47. The Bertz CT molecular complexity index is 553. The van der Waals surface area contributed by atoms with E-state index >= 15 is 0 Å². The first-order valence-corrected chi connectivity index (χ1v) is 6.33. The van der Waals surface area contributed by atoms with Crippen molar-refractivity contribution in [3.05, 3.63) is 39.5 Å². The Morgan fingerprint density at radius 1 is 1.24 bits per heavy atom. The highest BCUT2D eigenvalue weighted by Crippen LogP contribution is 2.29. The maximum absolute atomic E-state index is 6.17. The molecule has 90 valence electrons. The topological polar surface area (TPSA) is 24.9 Å². The van der Waals surface area contributed by atoms with Crippen molar-refractivity contribution in [2.45, 2.75) is 20.4 Å². The second kappa shape index (κ2) is 5.21. The third kappa shape index (κ3) is 2.71. The zero-order valence-electron chi connectivity index (χ0n) is 9.85. The Balaban J connectivity index is 2.64. The second-order valence-electron chi connectivity index (χ2n) is 3.99. The summed E-state index contributed by atoms with van der Waals surface area (Å²) in [7, 11) is 0. The van der Waals surface area contributed by atoms with Crippen molar-refractivity contribution in [1.29, 1.82) is 0 Å². The summed E-state index contributed by atoms with van der Waals surface area (Å²) in [6.45, 7) is 5.78. The van der Waals surface area contributed by atoms with E-state index in [0.29, 0.717) is 10.0 Å². The highest BCUT2D eigenvalue weighted by Gasteiger charge is 2.08. The molecule has 1 aromatic carbocycles. The van der Waals surface area contributed by atoms with Crippen molar-refractivity contribution >= 4 is 34.1 Å². The van der Waals surface area contributed by atoms with Gasteiger partial charge in [-0.1, -0.05) is 30.1 Å². The average molecular weight is 269 g/mol. The second-order valence-corrected chi connectivity index (χ2v) is 4.83. The molecule has 0 amide bonds. The van der Waals surface area contributed by atoms with Crippen LogP contribution in [-0.4, -0.2) is 11.5 Å². The monoisotopic (exact) mass is 268 g/mol. The lowest BCUT2D eigenvalue weighted by Crippen LogP contribution is -2.12. The molecule has 0 bridgehead atoms. The lowest BCUT2D eigenvalue weighted by atomic mass is 10.1. The van der Waals surface area contributed by atoms with Crippen LogP contribution >= 0.6 is 23.2 Å². The Kier molecular flexibility index (Phi) is 3.87. The summed E-state index contributed by atoms with van der Waals surface area (Å²) in [5, 5.41) is 5.58. The van der Waals surface area contributed by atoms with Crippen LogP contribution in [0, 0.1) is 6.92 Å². The molecule has 1 heterocycles. The van der Waals surface area contributed by atoms with E-state index in [1.807, 2.05) is 13.0 Å². The highest BCUT2D eigenvalue weighted by atomic mass is 35.5. The maximum atomic E-state index is 6.17. The molecule has 0 spiro atoms. The van der Waals surface area contributed by atoms with Gasteiger partial charge in [-0.3, -0.25) is 4.98 Å². The molecule has 17 heavy (non-hydrogen) atoms. The number of fused-ring (bicyclic) bond motifs is 1. The van der Waals surface area contributed by atoms with Gasteiger partial charge in [0, 0.05) is 22.6 Å². The summed E-state index contributed by atoms with van der Waals surface area (Å²) in [5.74, 6) is 0. The average Bonchev–Trinajstić information content (AvgIpc) is 2.27. The van der Waals surface area contributed by atoms with Crippen LogP contribution in [-0.2, 0) is 6.54 Å². The SMILES string of the molecule is CCNCc1cc(C)nc2c(Cl)cc(Cl)cc12. The molecule has 0 fully saturated rings. The van der Waals surface area contributed by atoms with Gasteiger partial charge < -0.3 is 5.32 Å². The van der Waals surface area contributed by atoms with Gasteiger partial charge in [0.25, 0.3) is 0 Å². The minimum atomic E-state index is 0.606. The maximum Gasteiger partial charge on any atom is 0.0895 e. The van der Waals surface area contributed by atoms with Gasteiger partial charge >= 0.3 is 0 Å². The van der Waals surface area contributed by atoms with Gasteiger partial charge in [-0.25, -0.2) is 0 Å². The van der Waals surface area contributed by atoms with E-state index in [-0.39, 0.29) is 0 Å². The number of aryl methyl sites for hydroxylation is 1. The summed E-state index contributed by atoms with van der Waals surface area (Å²) in [6.07, 6.45) is 0. The van der Waals surface area contributed by atoms with Crippen molar-refractivity contribution in [3.8, 4) is 0 Å². The number of aromatic nitrogens is 1. The van der Waals surface area contributed by atoms with E-state index in [1.54, 1.807) is 6.07 Å². The van der Waals surface area contributed by atoms with Crippen LogP contribution in [0.25, 0.3) is 10.9 Å². The molecule has 0 aliphatic heterocycles. The zero-order chi connectivity index (χ0) is 12.4. The molecule has 1 N–H and O–H groups in total. The number of benzene rings is 1. The smallest absolute Gasteiger partial charge is 0.0895 e. The lowest BCUT2D eigenvalue weighted by Gasteiger charge is -2.10. The first-order chi connectivity index (χ1) is 8.11. The normalized spacial score (nSPS) is 11.1. The van der Waals surface area contributed by atoms with Crippen LogP contribution in [0.1, 0.15) is 18.2 Å². The van der Waals surface area contributed by atoms with E-state index < -0.39 is 0 Å². The molecular weight excluding hydrogens is 255 g/mol. The molecule has 2 aromatic rings. The fraction of sp³-hybridized carbons (Fsp3) is 0.308. The summed E-state index contributed by atoms with van der Waals surface area (Å²) in [5.41, 5.74) is 2.97. The summed E-state index contributed by atoms with van der Waals surface area (Å²) >= 11 is 12.2. The molecule has 2 nitrogen and oxygen atoms in total. The van der Waals surface area contributed by atoms with Gasteiger partial charge in [0.05, 0.1) is 10.5 Å². The van der Waals surface area contributed by atoms with Gasteiger partial charge in [0.15, 0.2) is 0 Å². The first kappa shape index (κ1) is 12.6. The van der Waals surface area contributed by atoms with Crippen LogP contribution in [0.4, 0.5) is 0 Å². The quantitative estimate of drug-likeness (QED) is 0.912. The number of halogens is 2. The van der Waals surface area contributed by atoms with Crippen LogP contribution in [0.5, 0.6) is 0 Å². The number of nitrogens with one attached hydrogen (secondary N) is 1. The van der Waals surface area contributed by atoms with Gasteiger partial charge in [0.1, 0.15) is 0 Å². The minimum Gasteiger partial charge on any atom is -0.313 e. The Hall–Kier alpha value is -0.830. The summed E-state index contributed by atoms with van der Waals surface area (Å²) < 4.78 is 0. The number of hydrogen-bond donors (Lipinski definition) is 1. The minimum absolute atomic E-state index is 0.606. The summed E-state index contributed by atoms with van der Waals surface area (Å²) in [6, 6.07) is 5.72. The van der Waals surface area contributed by atoms with Gasteiger partial charge in [0.2, 0.25) is 0 Å². The predicted molar refractivity (Wildman–Crippen MR) is 73.9 cm³/mol. The standard InChI is InChI=1S/C13H14Cl2N2/c1-3-16-7-9-4-8(2)17-13-11(9)5-10(14)6-12(13)15/h4-6,16H,3,7H2,1-2H3. The Labute approximate surface area is 111 Å². The van der Waals surface area contributed by atoms with E-state index in [1.165, 1.54) is 5.56 Å². The molecule has 0 aliphatic rings. The predicted octanol–water partition coefficient (Wildman–Crippen LogP) is 3.96. The van der Waals surface area contributed by atoms with Crippen molar-refractivity contribution in [1.82, 2.24) is 10.3 Å². The van der Waals surface area contributed by atoms with E-state index in [0.717, 1.165) is 29.7 Å². The molecule has 0 saturated heterocycles. The van der Waals surface area contributed by atoms with Crippen LogP contribution in [0.2, 0.25) is 10.0 Å². The fourth-order valence-corrected chi connectivity index (χ4v) is 2.40. The largest absolute Gasteiger partial charge is 0.313 e. The molecule has 2 rings (SSSR count). The van der Waals surface area contributed by atoms with Crippen LogP contribution in [0.3, 0.4) is 0 Å². The molecule has 0 saturated carbocycles. The van der Waals surface area contributed by atoms with Crippen LogP contribution in [0.15, 0.2) is 18.2 Å².